The van der Waals surface area contributed by atoms with Crippen molar-refractivity contribution in [1.82, 2.24) is 0 Å². The summed E-state index contributed by atoms with van der Waals surface area (Å²) < 4.78 is 6.67. The van der Waals surface area contributed by atoms with Crippen molar-refractivity contribution in [2.45, 2.75) is 12.5 Å². The summed E-state index contributed by atoms with van der Waals surface area (Å²) in [6.07, 6.45) is 0.865. The Bertz CT molecular complexity index is 670. The molecule has 1 heterocycles. The molecule has 0 amide bonds. The minimum atomic E-state index is -0.915. The van der Waals surface area contributed by atoms with Crippen molar-refractivity contribution in [2.24, 2.45) is 0 Å². The second-order valence-corrected chi connectivity index (χ2v) is 5.81. The number of halogens is 1. The summed E-state index contributed by atoms with van der Waals surface area (Å²) in [5.41, 5.74) is 2.30. The Kier molecular flexibility index (Phi) is 3.84. The summed E-state index contributed by atoms with van der Waals surface area (Å²) in [6, 6.07) is 12.9. The van der Waals surface area contributed by atoms with Crippen molar-refractivity contribution in [3.63, 3.8) is 0 Å². The van der Waals surface area contributed by atoms with Crippen LogP contribution in [-0.2, 0) is 0 Å². The fraction of sp³-hybridized carbons (Fsp3) is 0.188. The summed E-state index contributed by atoms with van der Waals surface area (Å²) >= 11 is 3.48. The van der Waals surface area contributed by atoms with Crippen LogP contribution in [0.15, 0.2) is 46.9 Å². The van der Waals surface area contributed by atoms with Gasteiger partial charge in [0, 0.05) is 22.1 Å². The highest BCUT2D eigenvalue weighted by Gasteiger charge is 2.21. The lowest BCUT2D eigenvalue weighted by molar-refractivity contribution is 0.0697. The number of ether oxygens (including phenoxy) is 1. The van der Waals surface area contributed by atoms with Crippen LogP contribution in [0.2, 0.25) is 0 Å². The molecule has 2 aromatic carbocycles. The van der Waals surface area contributed by atoms with Gasteiger partial charge in [-0.3, -0.25) is 0 Å². The molecule has 0 fully saturated rings. The molecule has 3 rings (SSSR count). The zero-order chi connectivity index (χ0) is 14.8. The number of carboxylic acids is 1. The van der Waals surface area contributed by atoms with Gasteiger partial charge in [-0.05, 0) is 42.5 Å². The Morgan fingerprint density at radius 3 is 2.71 bits per heavy atom. The van der Waals surface area contributed by atoms with Gasteiger partial charge in [-0.2, -0.15) is 0 Å². The van der Waals surface area contributed by atoms with E-state index in [1.807, 2.05) is 12.1 Å². The quantitative estimate of drug-likeness (QED) is 0.878. The van der Waals surface area contributed by atoms with Crippen LogP contribution in [0, 0.1) is 0 Å². The monoisotopic (exact) mass is 347 g/mol. The number of hydrogen-bond acceptors (Lipinski definition) is 3. The van der Waals surface area contributed by atoms with Crippen LogP contribution >= 0.6 is 15.9 Å². The van der Waals surface area contributed by atoms with Gasteiger partial charge in [0.25, 0.3) is 0 Å². The lowest BCUT2D eigenvalue weighted by atomic mass is 10.00. The Labute approximate surface area is 130 Å². The predicted molar refractivity (Wildman–Crippen MR) is 84.0 cm³/mol. The number of hydrogen-bond donors (Lipinski definition) is 2. The van der Waals surface area contributed by atoms with Crippen LogP contribution in [-0.4, -0.2) is 17.7 Å². The van der Waals surface area contributed by atoms with E-state index in [0.717, 1.165) is 27.9 Å². The fourth-order valence-corrected chi connectivity index (χ4v) is 2.80. The second-order valence-electron chi connectivity index (χ2n) is 4.90. The molecule has 5 heteroatoms. The van der Waals surface area contributed by atoms with Crippen LogP contribution in [0.1, 0.15) is 28.4 Å². The van der Waals surface area contributed by atoms with Crippen LogP contribution < -0.4 is 10.1 Å². The van der Waals surface area contributed by atoms with E-state index in [1.165, 1.54) is 0 Å². The maximum absolute atomic E-state index is 10.9. The van der Waals surface area contributed by atoms with Crippen LogP contribution in [0.3, 0.4) is 0 Å². The highest BCUT2D eigenvalue weighted by atomic mass is 79.9. The van der Waals surface area contributed by atoms with Gasteiger partial charge in [-0.15, -0.1) is 0 Å². The minimum absolute atomic E-state index is 0.155. The Hall–Kier alpha value is -2.01. The van der Waals surface area contributed by atoms with Gasteiger partial charge in [0.05, 0.1) is 18.2 Å². The van der Waals surface area contributed by atoms with Crippen LogP contribution in [0.5, 0.6) is 5.75 Å². The van der Waals surface area contributed by atoms with E-state index in [-0.39, 0.29) is 11.6 Å². The van der Waals surface area contributed by atoms with Crippen molar-refractivity contribution in [3.8, 4) is 5.75 Å². The number of benzene rings is 2. The highest BCUT2D eigenvalue weighted by Crippen LogP contribution is 2.36. The van der Waals surface area contributed by atoms with E-state index in [2.05, 4.69) is 27.3 Å². The number of carboxylic acid groups (broad SMARTS) is 1. The molecule has 2 N–H and O–H groups in total. The average Bonchev–Trinajstić information content (AvgIpc) is 2.48. The van der Waals surface area contributed by atoms with Gasteiger partial charge < -0.3 is 15.2 Å². The van der Waals surface area contributed by atoms with Gasteiger partial charge in [-0.25, -0.2) is 4.79 Å². The van der Waals surface area contributed by atoms with Crippen molar-refractivity contribution in [1.29, 1.82) is 0 Å². The summed E-state index contributed by atoms with van der Waals surface area (Å²) in [6.45, 7) is 0.666. The van der Waals surface area contributed by atoms with E-state index < -0.39 is 5.97 Å². The second kappa shape index (κ2) is 5.77. The first-order valence-electron chi connectivity index (χ1n) is 6.65. The zero-order valence-electron chi connectivity index (χ0n) is 11.2. The average molecular weight is 348 g/mol. The van der Waals surface area contributed by atoms with E-state index in [9.17, 15) is 4.79 Å². The van der Waals surface area contributed by atoms with Crippen molar-refractivity contribution in [3.05, 3.63) is 58.1 Å². The van der Waals surface area contributed by atoms with E-state index in [1.54, 1.807) is 24.3 Å². The van der Waals surface area contributed by atoms with Gasteiger partial charge in [0.2, 0.25) is 0 Å². The molecule has 2 aromatic rings. The van der Waals surface area contributed by atoms with Gasteiger partial charge in [0.15, 0.2) is 0 Å². The molecule has 108 valence electrons. The topological polar surface area (TPSA) is 58.6 Å². The lowest BCUT2D eigenvalue weighted by Crippen LogP contribution is -2.20. The Morgan fingerprint density at radius 1 is 1.24 bits per heavy atom. The third-order valence-electron chi connectivity index (χ3n) is 3.48. The van der Waals surface area contributed by atoms with Crippen molar-refractivity contribution in [2.75, 3.05) is 11.9 Å². The molecule has 1 unspecified atom stereocenters. The van der Waals surface area contributed by atoms with Crippen molar-refractivity contribution < 1.29 is 14.6 Å². The fourth-order valence-electron chi connectivity index (χ4n) is 2.43. The van der Waals surface area contributed by atoms with Crippen LogP contribution in [0.25, 0.3) is 0 Å². The number of anilines is 1. The largest absolute Gasteiger partial charge is 0.493 e. The molecule has 1 atom stereocenters. The Balaban J connectivity index is 1.83. The SMILES string of the molecule is O=C(O)c1ccc(NC2CCOc3ccc(Br)cc32)cc1. The maximum atomic E-state index is 10.9. The summed E-state index contributed by atoms with van der Waals surface area (Å²) in [7, 11) is 0. The first kappa shape index (κ1) is 13.9. The third-order valence-corrected chi connectivity index (χ3v) is 3.98. The molecule has 1 aliphatic rings. The molecule has 0 aromatic heterocycles. The number of aromatic carboxylic acids is 1. The number of fused-ring (bicyclic) bond motifs is 1. The zero-order valence-corrected chi connectivity index (χ0v) is 12.8. The highest BCUT2D eigenvalue weighted by molar-refractivity contribution is 9.10. The molecule has 0 spiro atoms. The smallest absolute Gasteiger partial charge is 0.335 e. The Morgan fingerprint density at radius 2 is 2.00 bits per heavy atom. The molecule has 0 radical (unpaired) electrons. The normalized spacial score (nSPS) is 16.7. The van der Waals surface area contributed by atoms with E-state index in [4.69, 9.17) is 9.84 Å². The molecule has 21 heavy (non-hydrogen) atoms. The van der Waals surface area contributed by atoms with Gasteiger partial charge in [0.1, 0.15) is 5.75 Å². The third kappa shape index (κ3) is 3.03. The first-order chi connectivity index (χ1) is 10.1. The molecular formula is C16H14BrNO3. The maximum Gasteiger partial charge on any atom is 0.335 e. The summed E-state index contributed by atoms with van der Waals surface area (Å²) in [5, 5.41) is 12.4. The van der Waals surface area contributed by atoms with Gasteiger partial charge in [-0.1, -0.05) is 15.9 Å². The molecule has 0 bridgehead atoms. The summed E-state index contributed by atoms with van der Waals surface area (Å²) in [4.78, 5) is 10.9. The number of rotatable bonds is 3. The van der Waals surface area contributed by atoms with Gasteiger partial charge >= 0.3 is 5.97 Å². The molecule has 4 nitrogen and oxygen atoms in total. The molecule has 0 aliphatic carbocycles. The van der Waals surface area contributed by atoms with Crippen LogP contribution in [0.4, 0.5) is 5.69 Å². The molecule has 0 saturated carbocycles. The van der Waals surface area contributed by atoms with E-state index in [0.29, 0.717) is 6.61 Å². The molecule has 1 aliphatic heterocycles. The molecule has 0 saturated heterocycles. The first-order valence-corrected chi connectivity index (χ1v) is 7.45. The number of carbonyl (C=O) groups is 1. The summed E-state index contributed by atoms with van der Waals surface area (Å²) in [5.74, 6) is -0.0222. The minimum Gasteiger partial charge on any atom is -0.493 e. The number of nitrogens with one attached hydrogen (secondary N) is 1. The predicted octanol–water partition coefficient (Wildman–Crippen LogP) is 4.08. The molecular weight excluding hydrogens is 334 g/mol. The lowest BCUT2D eigenvalue weighted by Gasteiger charge is -2.27. The standard InChI is InChI=1S/C16H14BrNO3/c17-11-3-6-15-13(9-11)14(7-8-21-15)18-12-4-1-10(2-5-12)16(19)20/h1-6,9,14,18H,7-8H2,(H,19,20). The van der Waals surface area contributed by atoms with Crippen molar-refractivity contribution >= 4 is 27.6 Å². The van der Waals surface area contributed by atoms with E-state index >= 15 is 0 Å².